The number of benzene rings is 1. The second-order valence-electron chi connectivity index (χ2n) is 6.32. The van der Waals surface area contributed by atoms with E-state index in [0.717, 1.165) is 22.9 Å². The molecule has 0 saturated heterocycles. The first-order valence-corrected chi connectivity index (χ1v) is 8.50. The molecule has 1 amide bonds. The number of carbonyl (C=O) groups is 1. The number of hydrogen-bond acceptors (Lipinski definition) is 2. The Hall–Kier alpha value is -2.07. The molecular weight excluding hydrogens is 286 g/mol. The number of nitrogens with two attached hydrogens (primary N) is 1. The summed E-state index contributed by atoms with van der Waals surface area (Å²) in [6.07, 6.45) is 10.7. The highest BCUT2D eigenvalue weighted by Crippen LogP contribution is 2.20. The van der Waals surface area contributed by atoms with Gasteiger partial charge in [-0.2, -0.15) is 0 Å². The molecule has 1 atom stereocenters. The summed E-state index contributed by atoms with van der Waals surface area (Å²) in [6.45, 7) is 0.687. The van der Waals surface area contributed by atoms with Crippen molar-refractivity contribution in [2.24, 2.45) is 5.73 Å². The van der Waals surface area contributed by atoms with Gasteiger partial charge in [-0.1, -0.05) is 29.8 Å². The van der Waals surface area contributed by atoms with E-state index in [0.29, 0.717) is 13.0 Å². The van der Waals surface area contributed by atoms with Crippen LogP contribution in [0.15, 0.2) is 42.1 Å². The van der Waals surface area contributed by atoms with E-state index in [-0.39, 0.29) is 5.91 Å². The largest absolute Gasteiger partial charge is 0.361 e. The van der Waals surface area contributed by atoms with Crippen molar-refractivity contribution < 1.29 is 4.79 Å². The molecule has 2 aromatic rings. The molecule has 0 saturated carbocycles. The Morgan fingerprint density at radius 1 is 1.30 bits per heavy atom. The van der Waals surface area contributed by atoms with Crippen LogP contribution in [0.2, 0.25) is 0 Å². The fraction of sp³-hybridized carbons (Fsp3) is 0.421. The average molecular weight is 311 g/mol. The van der Waals surface area contributed by atoms with Crippen LogP contribution in [0.1, 0.15) is 37.7 Å². The van der Waals surface area contributed by atoms with E-state index >= 15 is 0 Å². The number of aromatic nitrogens is 1. The van der Waals surface area contributed by atoms with E-state index in [1.165, 1.54) is 31.3 Å². The van der Waals surface area contributed by atoms with Gasteiger partial charge in [0.05, 0.1) is 6.04 Å². The minimum absolute atomic E-state index is 0.0632. The lowest BCUT2D eigenvalue weighted by Gasteiger charge is -2.15. The Balaban J connectivity index is 1.50. The molecule has 0 aliphatic heterocycles. The lowest BCUT2D eigenvalue weighted by molar-refractivity contribution is -0.122. The van der Waals surface area contributed by atoms with Gasteiger partial charge in [-0.05, 0) is 50.2 Å². The highest BCUT2D eigenvalue weighted by molar-refractivity contribution is 5.86. The summed E-state index contributed by atoms with van der Waals surface area (Å²) in [6, 6.07) is 7.58. The molecule has 4 N–H and O–H groups in total. The monoisotopic (exact) mass is 311 g/mol. The quantitative estimate of drug-likeness (QED) is 0.718. The lowest BCUT2D eigenvalue weighted by Crippen LogP contribution is -2.42. The van der Waals surface area contributed by atoms with Gasteiger partial charge in [0.15, 0.2) is 0 Å². The molecule has 0 unspecified atom stereocenters. The molecule has 1 aliphatic rings. The molecule has 1 heterocycles. The van der Waals surface area contributed by atoms with Crippen molar-refractivity contribution in [3.05, 3.63) is 47.7 Å². The van der Waals surface area contributed by atoms with E-state index in [2.05, 4.69) is 22.4 Å². The van der Waals surface area contributed by atoms with Crippen molar-refractivity contribution in [3.63, 3.8) is 0 Å². The maximum Gasteiger partial charge on any atom is 0.237 e. The number of para-hydroxylation sites is 1. The first kappa shape index (κ1) is 15.8. The number of aromatic amines is 1. The van der Waals surface area contributed by atoms with Crippen molar-refractivity contribution in [1.29, 1.82) is 0 Å². The van der Waals surface area contributed by atoms with Crippen LogP contribution in [0.4, 0.5) is 0 Å². The summed E-state index contributed by atoms with van der Waals surface area (Å²) in [5.41, 5.74) is 9.73. The number of allylic oxidation sites excluding steroid dienone is 1. The second-order valence-corrected chi connectivity index (χ2v) is 6.32. The molecule has 0 spiro atoms. The van der Waals surface area contributed by atoms with E-state index in [1.54, 1.807) is 0 Å². The van der Waals surface area contributed by atoms with Crippen LogP contribution in [0.3, 0.4) is 0 Å². The third kappa shape index (κ3) is 4.02. The van der Waals surface area contributed by atoms with Crippen LogP contribution in [0.5, 0.6) is 0 Å². The van der Waals surface area contributed by atoms with Gasteiger partial charge < -0.3 is 16.0 Å². The van der Waals surface area contributed by atoms with Crippen molar-refractivity contribution in [2.75, 3.05) is 6.54 Å². The number of fused-ring (bicyclic) bond motifs is 1. The fourth-order valence-corrected chi connectivity index (χ4v) is 3.24. The van der Waals surface area contributed by atoms with Gasteiger partial charge in [-0.3, -0.25) is 4.79 Å². The van der Waals surface area contributed by atoms with Crippen LogP contribution in [0.25, 0.3) is 10.9 Å². The fourth-order valence-electron chi connectivity index (χ4n) is 3.24. The van der Waals surface area contributed by atoms with Gasteiger partial charge in [0, 0.05) is 23.6 Å². The first-order chi connectivity index (χ1) is 11.2. The molecule has 0 fully saturated rings. The SMILES string of the molecule is N[C@@H](Cc1c[nH]c2ccccc12)C(=O)NCCC1=CCCCC1. The van der Waals surface area contributed by atoms with Gasteiger partial charge in [-0.15, -0.1) is 0 Å². The molecule has 0 radical (unpaired) electrons. The molecule has 3 rings (SSSR count). The summed E-state index contributed by atoms with van der Waals surface area (Å²) in [4.78, 5) is 15.4. The number of carbonyl (C=O) groups excluding carboxylic acids is 1. The number of hydrogen-bond donors (Lipinski definition) is 3. The van der Waals surface area contributed by atoms with Crippen molar-refractivity contribution >= 4 is 16.8 Å². The summed E-state index contributed by atoms with van der Waals surface area (Å²) < 4.78 is 0. The van der Waals surface area contributed by atoms with Crippen LogP contribution in [0, 0.1) is 0 Å². The number of amides is 1. The predicted octanol–water partition coefficient (Wildman–Crippen LogP) is 3.04. The molecule has 4 nitrogen and oxygen atoms in total. The van der Waals surface area contributed by atoms with E-state index in [1.807, 2.05) is 24.4 Å². The summed E-state index contributed by atoms with van der Waals surface area (Å²) >= 11 is 0. The lowest BCUT2D eigenvalue weighted by atomic mass is 9.97. The van der Waals surface area contributed by atoms with Crippen LogP contribution >= 0.6 is 0 Å². The van der Waals surface area contributed by atoms with E-state index in [4.69, 9.17) is 5.73 Å². The predicted molar refractivity (Wildman–Crippen MR) is 94.2 cm³/mol. The van der Waals surface area contributed by atoms with Crippen LogP contribution < -0.4 is 11.1 Å². The summed E-state index contributed by atoms with van der Waals surface area (Å²) in [5, 5.41) is 4.12. The van der Waals surface area contributed by atoms with Gasteiger partial charge in [0.2, 0.25) is 5.91 Å². The van der Waals surface area contributed by atoms with Crippen molar-refractivity contribution in [2.45, 2.75) is 44.6 Å². The minimum Gasteiger partial charge on any atom is -0.361 e. The Labute approximate surface area is 137 Å². The Morgan fingerprint density at radius 3 is 3.00 bits per heavy atom. The second kappa shape index (κ2) is 7.47. The van der Waals surface area contributed by atoms with E-state index < -0.39 is 6.04 Å². The maximum absolute atomic E-state index is 12.2. The van der Waals surface area contributed by atoms with Gasteiger partial charge >= 0.3 is 0 Å². The van der Waals surface area contributed by atoms with E-state index in [9.17, 15) is 4.79 Å². The van der Waals surface area contributed by atoms with Gasteiger partial charge in [0.25, 0.3) is 0 Å². The molecule has 1 aromatic heterocycles. The standard InChI is InChI=1S/C19H25N3O/c20-17(12-15-13-22-18-9-5-4-8-16(15)18)19(23)21-11-10-14-6-2-1-3-7-14/h4-6,8-9,13,17,22H,1-3,7,10-12,20H2,(H,21,23)/t17-/m0/s1. The van der Waals surface area contributed by atoms with Gasteiger partial charge in [-0.25, -0.2) is 0 Å². The zero-order valence-corrected chi connectivity index (χ0v) is 13.5. The molecule has 1 aromatic carbocycles. The molecule has 0 bridgehead atoms. The maximum atomic E-state index is 12.2. The molecule has 1 aliphatic carbocycles. The number of nitrogens with one attached hydrogen (secondary N) is 2. The van der Waals surface area contributed by atoms with Crippen molar-refractivity contribution in [1.82, 2.24) is 10.3 Å². The van der Waals surface area contributed by atoms with Crippen LogP contribution in [-0.2, 0) is 11.2 Å². The molecule has 23 heavy (non-hydrogen) atoms. The number of H-pyrrole nitrogens is 1. The highest BCUT2D eigenvalue weighted by Gasteiger charge is 2.16. The Morgan fingerprint density at radius 2 is 2.17 bits per heavy atom. The Kier molecular flexibility index (Phi) is 5.13. The topological polar surface area (TPSA) is 70.9 Å². The molecule has 122 valence electrons. The zero-order valence-electron chi connectivity index (χ0n) is 13.5. The zero-order chi connectivity index (χ0) is 16.1. The smallest absolute Gasteiger partial charge is 0.237 e. The average Bonchev–Trinajstić information content (AvgIpc) is 2.99. The third-order valence-corrected chi connectivity index (χ3v) is 4.58. The summed E-state index contributed by atoms with van der Waals surface area (Å²) in [5.74, 6) is -0.0632. The Bertz CT molecular complexity index is 701. The van der Waals surface area contributed by atoms with Crippen molar-refractivity contribution in [3.8, 4) is 0 Å². The van der Waals surface area contributed by atoms with Crippen LogP contribution in [-0.4, -0.2) is 23.5 Å². The van der Waals surface area contributed by atoms with Gasteiger partial charge in [0.1, 0.15) is 0 Å². The third-order valence-electron chi connectivity index (χ3n) is 4.58. The first-order valence-electron chi connectivity index (χ1n) is 8.50. The minimum atomic E-state index is -0.505. The number of rotatable bonds is 6. The molecular formula is C19H25N3O. The highest BCUT2D eigenvalue weighted by atomic mass is 16.2. The normalized spacial score (nSPS) is 16.1. The summed E-state index contributed by atoms with van der Waals surface area (Å²) in [7, 11) is 0. The molecule has 4 heteroatoms.